The average molecular weight is 409 g/mol. The highest BCUT2D eigenvalue weighted by molar-refractivity contribution is 5.96. The van der Waals surface area contributed by atoms with Crippen LogP contribution in [0.15, 0.2) is 48.5 Å². The van der Waals surface area contributed by atoms with Crippen LogP contribution in [0.5, 0.6) is 11.5 Å². The van der Waals surface area contributed by atoms with Crippen LogP contribution in [-0.2, 0) is 10.9 Å². The molecule has 1 heterocycles. The summed E-state index contributed by atoms with van der Waals surface area (Å²) in [6.45, 7) is 1.27. The molecule has 2 aromatic rings. The van der Waals surface area contributed by atoms with Gasteiger partial charge in [-0.15, -0.1) is 0 Å². The highest BCUT2D eigenvalue weighted by atomic mass is 19.4. The molecule has 1 amide bonds. The monoisotopic (exact) mass is 409 g/mol. The lowest BCUT2D eigenvalue weighted by Crippen LogP contribution is -2.29. The lowest BCUT2D eigenvalue weighted by atomic mass is 10.2. The van der Waals surface area contributed by atoms with E-state index in [4.69, 9.17) is 14.2 Å². The van der Waals surface area contributed by atoms with Crippen molar-refractivity contribution in [3.05, 3.63) is 59.7 Å². The van der Waals surface area contributed by atoms with Gasteiger partial charge in [0, 0.05) is 6.61 Å². The second kappa shape index (κ2) is 9.65. The van der Waals surface area contributed by atoms with Crippen LogP contribution >= 0.6 is 0 Å². The number of rotatable bonds is 8. The number of hydrogen-bond acceptors (Lipinski definition) is 4. The van der Waals surface area contributed by atoms with Crippen molar-refractivity contribution in [2.24, 2.45) is 0 Å². The first-order chi connectivity index (χ1) is 13.9. The van der Waals surface area contributed by atoms with Crippen LogP contribution in [0.4, 0.5) is 13.2 Å². The number of benzene rings is 2. The second-order valence-electron chi connectivity index (χ2n) is 6.57. The highest BCUT2D eigenvalue weighted by Crippen LogP contribution is 2.31. The maximum atomic E-state index is 12.7. The van der Waals surface area contributed by atoms with Gasteiger partial charge in [0.2, 0.25) is 0 Å². The van der Waals surface area contributed by atoms with Gasteiger partial charge in [-0.05, 0) is 43.2 Å². The fraction of sp³-hybridized carbons (Fsp3) is 0.381. The van der Waals surface area contributed by atoms with Crippen molar-refractivity contribution in [3.8, 4) is 11.5 Å². The van der Waals surface area contributed by atoms with E-state index in [1.54, 1.807) is 24.3 Å². The Morgan fingerprint density at radius 2 is 1.97 bits per heavy atom. The Balaban J connectivity index is 1.48. The fourth-order valence-corrected chi connectivity index (χ4v) is 2.93. The van der Waals surface area contributed by atoms with Gasteiger partial charge in [-0.3, -0.25) is 4.79 Å². The number of ether oxygens (including phenoxy) is 3. The van der Waals surface area contributed by atoms with E-state index in [0.717, 1.165) is 31.6 Å². The van der Waals surface area contributed by atoms with Gasteiger partial charge in [0.15, 0.2) is 0 Å². The van der Waals surface area contributed by atoms with E-state index in [1.165, 1.54) is 12.1 Å². The van der Waals surface area contributed by atoms with Crippen molar-refractivity contribution >= 4 is 5.91 Å². The molecule has 1 aliphatic rings. The zero-order valence-corrected chi connectivity index (χ0v) is 15.7. The number of halogens is 3. The SMILES string of the molecule is O=C(NCCOc1cccc(C(F)(F)F)c1)c1ccccc1OCC1CCCO1. The van der Waals surface area contributed by atoms with Crippen LogP contribution in [0.1, 0.15) is 28.8 Å². The molecule has 29 heavy (non-hydrogen) atoms. The predicted molar refractivity (Wildman–Crippen MR) is 100 cm³/mol. The minimum absolute atomic E-state index is 0.0337. The number of alkyl halides is 3. The van der Waals surface area contributed by atoms with E-state index < -0.39 is 11.7 Å². The Hall–Kier alpha value is -2.74. The number of para-hydroxylation sites is 1. The summed E-state index contributed by atoms with van der Waals surface area (Å²) in [5.74, 6) is 0.203. The molecule has 3 rings (SSSR count). The smallest absolute Gasteiger partial charge is 0.416 e. The number of carbonyl (C=O) groups is 1. The van der Waals surface area contributed by atoms with E-state index in [1.807, 2.05) is 0 Å². The summed E-state index contributed by atoms with van der Waals surface area (Å²) in [5.41, 5.74) is -0.402. The van der Waals surface area contributed by atoms with Crippen molar-refractivity contribution < 1.29 is 32.2 Å². The second-order valence-corrected chi connectivity index (χ2v) is 6.57. The van der Waals surface area contributed by atoms with Crippen molar-refractivity contribution in [1.29, 1.82) is 0 Å². The first-order valence-corrected chi connectivity index (χ1v) is 9.35. The first kappa shape index (κ1) is 21.0. The molecule has 2 aromatic carbocycles. The molecular formula is C21H22F3NO4. The molecule has 1 saturated heterocycles. The summed E-state index contributed by atoms with van der Waals surface area (Å²) in [6.07, 6.45) is -2.46. The lowest BCUT2D eigenvalue weighted by Gasteiger charge is -2.15. The molecule has 5 nitrogen and oxygen atoms in total. The normalized spacial score (nSPS) is 16.4. The highest BCUT2D eigenvalue weighted by Gasteiger charge is 2.30. The molecule has 156 valence electrons. The van der Waals surface area contributed by atoms with Gasteiger partial charge < -0.3 is 19.5 Å². The van der Waals surface area contributed by atoms with Crippen LogP contribution < -0.4 is 14.8 Å². The van der Waals surface area contributed by atoms with Crippen molar-refractivity contribution in [1.82, 2.24) is 5.32 Å². The Labute approximate surface area is 166 Å². The van der Waals surface area contributed by atoms with Crippen LogP contribution in [-0.4, -0.2) is 38.4 Å². The molecule has 1 unspecified atom stereocenters. The summed E-state index contributed by atoms with van der Waals surface area (Å²) >= 11 is 0. The van der Waals surface area contributed by atoms with Gasteiger partial charge in [-0.25, -0.2) is 0 Å². The molecule has 1 atom stereocenters. The molecule has 0 aliphatic carbocycles. The van der Waals surface area contributed by atoms with Crippen LogP contribution in [0, 0.1) is 0 Å². The maximum Gasteiger partial charge on any atom is 0.416 e. The van der Waals surface area contributed by atoms with Gasteiger partial charge in [-0.1, -0.05) is 18.2 Å². The Morgan fingerprint density at radius 3 is 2.72 bits per heavy atom. The zero-order valence-electron chi connectivity index (χ0n) is 15.7. The molecular weight excluding hydrogens is 387 g/mol. The third-order valence-corrected chi connectivity index (χ3v) is 4.40. The number of carbonyl (C=O) groups excluding carboxylic acids is 1. The minimum atomic E-state index is -4.43. The largest absolute Gasteiger partial charge is 0.492 e. The van der Waals surface area contributed by atoms with Gasteiger partial charge in [0.1, 0.15) is 24.7 Å². The quantitative estimate of drug-likeness (QED) is 0.668. The third kappa shape index (κ3) is 6.12. The zero-order chi connectivity index (χ0) is 20.7. The summed E-state index contributed by atoms with van der Waals surface area (Å²) in [5, 5.41) is 2.68. The predicted octanol–water partition coefficient (Wildman–Crippen LogP) is 4.07. The molecule has 0 radical (unpaired) electrons. The standard InChI is InChI=1S/C21H22F3NO4/c22-21(23,24)15-5-3-6-16(13-15)28-12-10-25-20(26)18-8-1-2-9-19(18)29-14-17-7-4-11-27-17/h1-3,5-6,8-9,13,17H,4,7,10-12,14H2,(H,25,26). The number of nitrogens with one attached hydrogen (secondary N) is 1. The van der Waals surface area contributed by atoms with E-state index >= 15 is 0 Å². The van der Waals surface area contributed by atoms with Gasteiger partial charge >= 0.3 is 6.18 Å². The average Bonchev–Trinajstić information content (AvgIpc) is 3.23. The molecule has 0 aromatic heterocycles. The summed E-state index contributed by atoms with van der Waals surface area (Å²) in [6, 6.07) is 11.5. The maximum absolute atomic E-state index is 12.7. The van der Waals surface area contributed by atoms with Crippen LogP contribution in [0.2, 0.25) is 0 Å². The summed E-state index contributed by atoms with van der Waals surface area (Å²) in [4.78, 5) is 12.4. The summed E-state index contributed by atoms with van der Waals surface area (Å²) in [7, 11) is 0. The van der Waals surface area contributed by atoms with E-state index in [-0.39, 0.29) is 30.9 Å². The minimum Gasteiger partial charge on any atom is -0.492 e. The third-order valence-electron chi connectivity index (χ3n) is 4.40. The molecule has 1 N–H and O–H groups in total. The Kier molecular flexibility index (Phi) is 6.98. The Bertz CT molecular complexity index is 820. The van der Waals surface area contributed by atoms with Gasteiger partial charge in [-0.2, -0.15) is 13.2 Å². The topological polar surface area (TPSA) is 56.8 Å². The van der Waals surface area contributed by atoms with Gasteiger partial charge in [0.25, 0.3) is 5.91 Å². The first-order valence-electron chi connectivity index (χ1n) is 9.35. The van der Waals surface area contributed by atoms with E-state index in [2.05, 4.69) is 5.32 Å². The molecule has 0 bridgehead atoms. The molecule has 1 fully saturated rings. The van der Waals surface area contributed by atoms with Crippen molar-refractivity contribution in [2.75, 3.05) is 26.4 Å². The number of hydrogen-bond donors (Lipinski definition) is 1. The fourth-order valence-electron chi connectivity index (χ4n) is 2.93. The molecule has 0 saturated carbocycles. The molecule has 8 heteroatoms. The lowest BCUT2D eigenvalue weighted by molar-refractivity contribution is -0.137. The van der Waals surface area contributed by atoms with E-state index in [0.29, 0.717) is 17.9 Å². The molecule has 1 aliphatic heterocycles. The van der Waals surface area contributed by atoms with Crippen LogP contribution in [0.25, 0.3) is 0 Å². The molecule has 0 spiro atoms. The Morgan fingerprint density at radius 1 is 1.14 bits per heavy atom. The summed E-state index contributed by atoms with van der Waals surface area (Å²) < 4.78 is 54.7. The number of amides is 1. The van der Waals surface area contributed by atoms with Crippen LogP contribution in [0.3, 0.4) is 0 Å². The van der Waals surface area contributed by atoms with E-state index in [9.17, 15) is 18.0 Å². The van der Waals surface area contributed by atoms with Crippen molar-refractivity contribution in [2.45, 2.75) is 25.1 Å². The van der Waals surface area contributed by atoms with Crippen molar-refractivity contribution in [3.63, 3.8) is 0 Å². The van der Waals surface area contributed by atoms with Gasteiger partial charge in [0.05, 0.1) is 23.8 Å².